The second-order valence-electron chi connectivity index (χ2n) is 4.17. The van der Waals surface area contributed by atoms with Gasteiger partial charge in [-0.05, 0) is 18.3 Å². The second-order valence-corrected chi connectivity index (χ2v) is 4.17. The molecule has 0 bridgehead atoms. The lowest BCUT2D eigenvalue weighted by molar-refractivity contribution is -0.230. The summed E-state index contributed by atoms with van der Waals surface area (Å²) in [6.07, 6.45) is -4.14. The van der Waals surface area contributed by atoms with Gasteiger partial charge in [0.25, 0.3) is 0 Å². The fourth-order valence-corrected chi connectivity index (χ4v) is 1.86. The standard InChI is InChI=1S/C7H12F3N/c1-5(2)3-6(11,4-5)7(8,9)10/h3-4,11H2,1-2H3. The van der Waals surface area contributed by atoms with Crippen molar-refractivity contribution in [1.82, 2.24) is 0 Å². The first-order valence-corrected chi connectivity index (χ1v) is 3.52. The Morgan fingerprint density at radius 3 is 1.64 bits per heavy atom. The number of rotatable bonds is 0. The Kier molecular flexibility index (Phi) is 1.54. The molecule has 0 aromatic heterocycles. The van der Waals surface area contributed by atoms with E-state index >= 15 is 0 Å². The van der Waals surface area contributed by atoms with Crippen molar-refractivity contribution >= 4 is 0 Å². The molecule has 1 nitrogen and oxygen atoms in total. The number of hydrogen-bond acceptors (Lipinski definition) is 1. The molecule has 4 heteroatoms. The molecule has 0 saturated heterocycles. The van der Waals surface area contributed by atoms with Crippen LogP contribution in [-0.4, -0.2) is 11.7 Å². The van der Waals surface area contributed by atoms with Gasteiger partial charge in [0.1, 0.15) is 5.54 Å². The van der Waals surface area contributed by atoms with Crippen molar-refractivity contribution < 1.29 is 13.2 Å². The van der Waals surface area contributed by atoms with Gasteiger partial charge >= 0.3 is 6.18 Å². The van der Waals surface area contributed by atoms with Gasteiger partial charge in [0, 0.05) is 0 Å². The lowest BCUT2D eigenvalue weighted by Gasteiger charge is -2.51. The van der Waals surface area contributed by atoms with Gasteiger partial charge in [0.05, 0.1) is 0 Å². The molecule has 0 radical (unpaired) electrons. The number of halogens is 3. The maximum Gasteiger partial charge on any atom is 0.406 e. The van der Waals surface area contributed by atoms with E-state index in [1.807, 2.05) is 0 Å². The highest BCUT2D eigenvalue weighted by atomic mass is 19.4. The summed E-state index contributed by atoms with van der Waals surface area (Å²) >= 11 is 0. The summed E-state index contributed by atoms with van der Waals surface area (Å²) < 4.78 is 36.3. The molecule has 0 atom stereocenters. The molecule has 0 aliphatic heterocycles. The van der Waals surface area contributed by atoms with E-state index in [0.717, 1.165) is 0 Å². The zero-order chi connectivity index (χ0) is 8.91. The Labute approximate surface area is 63.8 Å². The Bertz CT molecular complexity index is 163. The predicted octanol–water partition coefficient (Wildman–Crippen LogP) is 2.07. The van der Waals surface area contributed by atoms with Crippen LogP contribution in [0.5, 0.6) is 0 Å². The van der Waals surface area contributed by atoms with Crippen molar-refractivity contribution in [3.05, 3.63) is 0 Å². The van der Waals surface area contributed by atoms with Crippen molar-refractivity contribution in [3.63, 3.8) is 0 Å². The van der Waals surface area contributed by atoms with Crippen LogP contribution < -0.4 is 5.73 Å². The third-order valence-electron chi connectivity index (χ3n) is 2.15. The molecule has 0 spiro atoms. The number of alkyl halides is 3. The molecule has 11 heavy (non-hydrogen) atoms. The van der Waals surface area contributed by atoms with Gasteiger partial charge in [-0.25, -0.2) is 0 Å². The molecule has 1 saturated carbocycles. The van der Waals surface area contributed by atoms with Gasteiger partial charge in [-0.3, -0.25) is 0 Å². The molecule has 1 aliphatic carbocycles. The van der Waals surface area contributed by atoms with E-state index in [9.17, 15) is 13.2 Å². The molecule has 2 N–H and O–H groups in total. The van der Waals surface area contributed by atoms with E-state index in [0.29, 0.717) is 0 Å². The maximum absolute atomic E-state index is 12.1. The van der Waals surface area contributed by atoms with Crippen molar-refractivity contribution in [3.8, 4) is 0 Å². The van der Waals surface area contributed by atoms with Crippen LogP contribution >= 0.6 is 0 Å². The summed E-state index contributed by atoms with van der Waals surface area (Å²) in [5.41, 5.74) is 2.99. The smallest absolute Gasteiger partial charge is 0.318 e. The zero-order valence-corrected chi connectivity index (χ0v) is 6.63. The molecule has 0 unspecified atom stereocenters. The molecule has 0 amide bonds. The Morgan fingerprint density at radius 2 is 1.55 bits per heavy atom. The summed E-state index contributed by atoms with van der Waals surface area (Å²) in [5.74, 6) is 0. The van der Waals surface area contributed by atoms with Crippen LogP contribution in [0.3, 0.4) is 0 Å². The highest BCUT2D eigenvalue weighted by Crippen LogP contribution is 2.53. The number of nitrogens with two attached hydrogens (primary N) is 1. The quantitative estimate of drug-likeness (QED) is 0.587. The molecular formula is C7H12F3N. The average molecular weight is 167 g/mol. The lowest BCUT2D eigenvalue weighted by Crippen LogP contribution is -2.64. The Hall–Kier alpha value is -0.250. The summed E-state index contributed by atoms with van der Waals surface area (Å²) in [7, 11) is 0. The van der Waals surface area contributed by atoms with E-state index in [-0.39, 0.29) is 18.3 Å². The van der Waals surface area contributed by atoms with Crippen LogP contribution in [0.15, 0.2) is 0 Å². The topological polar surface area (TPSA) is 26.0 Å². The molecule has 0 aromatic rings. The highest BCUT2D eigenvalue weighted by molar-refractivity contribution is 5.07. The first-order chi connectivity index (χ1) is 4.66. The SMILES string of the molecule is CC1(C)CC(N)(C(F)(F)F)C1. The summed E-state index contributed by atoms with van der Waals surface area (Å²) in [5, 5.41) is 0. The zero-order valence-electron chi connectivity index (χ0n) is 6.63. The van der Waals surface area contributed by atoms with Gasteiger partial charge in [-0.2, -0.15) is 13.2 Å². The minimum absolute atomic E-state index is 0.0451. The first-order valence-electron chi connectivity index (χ1n) is 3.52. The monoisotopic (exact) mass is 167 g/mol. The summed E-state index contributed by atoms with van der Waals surface area (Å²) in [6, 6.07) is 0. The molecule has 1 aliphatic rings. The van der Waals surface area contributed by atoms with Crippen molar-refractivity contribution in [2.75, 3.05) is 0 Å². The minimum Gasteiger partial charge on any atom is -0.318 e. The largest absolute Gasteiger partial charge is 0.406 e. The van der Waals surface area contributed by atoms with Crippen molar-refractivity contribution in [2.24, 2.45) is 11.1 Å². The third-order valence-corrected chi connectivity index (χ3v) is 2.15. The Morgan fingerprint density at radius 1 is 1.18 bits per heavy atom. The van der Waals surface area contributed by atoms with Gasteiger partial charge in [0.15, 0.2) is 0 Å². The molecule has 0 heterocycles. The Balaban J connectivity index is 2.64. The molecule has 0 aromatic carbocycles. The van der Waals surface area contributed by atoms with Gasteiger partial charge < -0.3 is 5.73 Å². The normalized spacial score (nSPS) is 27.8. The minimum atomic E-state index is -4.23. The molecule has 1 rings (SSSR count). The highest BCUT2D eigenvalue weighted by Gasteiger charge is 2.62. The average Bonchev–Trinajstić information content (AvgIpc) is 1.55. The maximum atomic E-state index is 12.1. The van der Waals surface area contributed by atoms with Gasteiger partial charge in [-0.15, -0.1) is 0 Å². The van der Waals surface area contributed by atoms with Crippen LogP contribution in [0.25, 0.3) is 0 Å². The molecule has 66 valence electrons. The van der Waals surface area contributed by atoms with Gasteiger partial charge in [-0.1, -0.05) is 13.8 Å². The first kappa shape index (κ1) is 8.84. The van der Waals surface area contributed by atoms with Gasteiger partial charge in [0.2, 0.25) is 0 Å². The van der Waals surface area contributed by atoms with E-state index in [1.165, 1.54) is 0 Å². The van der Waals surface area contributed by atoms with Crippen LogP contribution in [0, 0.1) is 5.41 Å². The number of hydrogen-bond donors (Lipinski definition) is 1. The summed E-state index contributed by atoms with van der Waals surface area (Å²) in [6.45, 7) is 3.59. The van der Waals surface area contributed by atoms with Crippen LogP contribution in [0.1, 0.15) is 26.7 Å². The second kappa shape index (κ2) is 1.91. The third kappa shape index (κ3) is 1.36. The van der Waals surface area contributed by atoms with E-state index < -0.39 is 11.7 Å². The molecule has 1 fully saturated rings. The van der Waals surface area contributed by atoms with Crippen molar-refractivity contribution in [1.29, 1.82) is 0 Å². The van der Waals surface area contributed by atoms with Crippen LogP contribution in [0.4, 0.5) is 13.2 Å². The van der Waals surface area contributed by atoms with Crippen LogP contribution in [0.2, 0.25) is 0 Å². The molecular weight excluding hydrogens is 155 g/mol. The van der Waals surface area contributed by atoms with E-state index in [1.54, 1.807) is 13.8 Å². The van der Waals surface area contributed by atoms with Crippen molar-refractivity contribution in [2.45, 2.75) is 38.4 Å². The fourth-order valence-electron chi connectivity index (χ4n) is 1.86. The van der Waals surface area contributed by atoms with E-state index in [2.05, 4.69) is 0 Å². The summed E-state index contributed by atoms with van der Waals surface area (Å²) in [4.78, 5) is 0. The fraction of sp³-hybridized carbons (Fsp3) is 1.00. The lowest BCUT2D eigenvalue weighted by atomic mass is 9.59. The van der Waals surface area contributed by atoms with Crippen LogP contribution in [-0.2, 0) is 0 Å². The predicted molar refractivity (Wildman–Crippen MR) is 36.0 cm³/mol. The van der Waals surface area contributed by atoms with E-state index in [4.69, 9.17) is 5.73 Å².